The van der Waals surface area contributed by atoms with Gasteiger partial charge in [0.15, 0.2) is 0 Å². The zero-order valence-electron chi connectivity index (χ0n) is 11.9. The zero-order chi connectivity index (χ0) is 17.3. The minimum Gasteiger partial charge on any atom is -0.405 e. The number of fused-ring (bicyclic) bond motifs is 1. The van der Waals surface area contributed by atoms with Gasteiger partial charge >= 0.3 is 12.4 Å². The van der Waals surface area contributed by atoms with E-state index in [9.17, 15) is 18.0 Å². The van der Waals surface area contributed by atoms with Crippen molar-refractivity contribution in [2.24, 2.45) is 0 Å². The number of nitrogens with one attached hydrogen (secondary N) is 3. The Morgan fingerprint density at radius 3 is 2.79 bits per heavy atom. The van der Waals surface area contributed by atoms with Crippen LogP contribution >= 0.6 is 15.9 Å². The molecular formula is C14H10BrF3N4O2. The Labute approximate surface area is 142 Å². The first kappa shape index (κ1) is 16.4. The van der Waals surface area contributed by atoms with Gasteiger partial charge in [0.05, 0.1) is 11.0 Å². The molecule has 3 rings (SSSR count). The van der Waals surface area contributed by atoms with Gasteiger partial charge in [-0.05, 0) is 40.2 Å². The Hall–Kier alpha value is -2.49. The van der Waals surface area contributed by atoms with Crippen LogP contribution in [0.3, 0.4) is 0 Å². The number of aromatic nitrogens is 1. The van der Waals surface area contributed by atoms with E-state index in [-0.39, 0.29) is 22.8 Å². The van der Waals surface area contributed by atoms with Crippen molar-refractivity contribution in [3.63, 3.8) is 0 Å². The standard InChI is InChI=1S/C14H10BrF3N4O2/c15-9-5-7(1-2-11(9)24-14(16,17)18)21-10-3-4-19-12-8(10)6-20-13(23)22-12/h1-5H,6H2,(H3,19,20,21,22,23). The molecule has 24 heavy (non-hydrogen) atoms. The Balaban J connectivity index is 1.84. The maximum absolute atomic E-state index is 12.3. The molecule has 0 saturated carbocycles. The van der Waals surface area contributed by atoms with E-state index >= 15 is 0 Å². The molecule has 1 aromatic carbocycles. The normalized spacial score (nSPS) is 13.6. The first-order chi connectivity index (χ1) is 11.3. The summed E-state index contributed by atoms with van der Waals surface area (Å²) in [5.74, 6) is 0.0959. The number of urea groups is 1. The van der Waals surface area contributed by atoms with Gasteiger partial charge in [-0.15, -0.1) is 13.2 Å². The summed E-state index contributed by atoms with van der Waals surface area (Å²) >= 11 is 3.05. The molecule has 0 bridgehead atoms. The zero-order valence-corrected chi connectivity index (χ0v) is 13.5. The van der Waals surface area contributed by atoms with Gasteiger partial charge in [0.25, 0.3) is 0 Å². The van der Waals surface area contributed by atoms with Crippen LogP contribution in [-0.2, 0) is 6.54 Å². The summed E-state index contributed by atoms with van der Waals surface area (Å²) in [5.41, 5.74) is 1.95. The minimum absolute atomic E-state index is 0.152. The Morgan fingerprint density at radius 1 is 1.29 bits per heavy atom. The lowest BCUT2D eigenvalue weighted by Gasteiger charge is -2.21. The number of ether oxygens (including phenoxy) is 1. The summed E-state index contributed by atoms with van der Waals surface area (Å²) < 4.78 is 40.9. The SMILES string of the molecule is O=C1NCc2c(Nc3ccc(OC(F)(F)F)c(Br)c3)ccnc2N1. The fourth-order valence-corrected chi connectivity index (χ4v) is 2.62. The summed E-state index contributed by atoms with van der Waals surface area (Å²) in [6.07, 6.45) is -3.24. The van der Waals surface area contributed by atoms with Gasteiger partial charge in [-0.2, -0.15) is 0 Å². The predicted octanol–water partition coefficient (Wildman–Crippen LogP) is 4.12. The lowest BCUT2D eigenvalue weighted by atomic mass is 10.1. The van der Waals surface area contributed by atoms with Crippen molar-refractivity contribution in [3.05, 3.63) is 40.5 Å². The van der Waals surface area contributed by atoms with E-state index in [1.165, 1.54) is 24.4 Å². The van der Waals surface area contributed by atoms with Gasteiger partial charge < -0.3 is 15.4 Å². The number of anilines is 3. The molecule has 1 aliphatic heterocycles. The maximum atomic E-state index is 12.3. The molecule has 0 unspecified atom stereocenters. The smallest absolute Gasteiger partial charge is 0.405 e. The fraction of sp³-hybridized carbons (Fsp3) is 0.143. The molecule has 10 heteroatoms. The van der Waals surface area contributed by atoms with Gasteiger partial charge in [0.1, 0.15) is 11.6 Å². The molecule has 2 aromatic rings. The highest BCUT2D eigenvalue weighted by atomic mass is 79.9. The minimum atomic E-state index is -4.76. The monoisotopic (exact) mass is 402 g/mol. The molecular weight excluding hydrogens is 393 g/mol. The third kappa shape index (κ3) is 3.70. The van der Waals surface area contributed by atoms with Gasteiger partial charge in [0.2, 0.25) is 0 Å². The quantitative estimate of drug-likeness (QED) is 0.721. The number of alkyl halides is 3. The highest BCUT2D eigenvalue weighted by Crippen LogP contribution is 2.34. The first-order valence-electron chi connectivity index (χ1n) is 6.67. The van der Waals surface area contributed by atoms with Crippen molar-refractivity contribution in [3.8, 4) is 5.75 Å². The van der Waals surface area contributed by atoms with Gasteiger partial charge in [-0.25, -0.2) is 9.78 Å². The van der Waals surface area contributed by atoms with Crippen LogP contribution in [0.25, 0.3) is 0 Å². The van der Waals surface area contributed by atoms with E-state index in [1.54, 1.807) is 6.07 Å². The van der Waals surface area contributed by atoms with Crippen molar-refractivity contribution in [1.82, 2.24) is 10.3 Å². The topological polar surface area (TPSA) is 75.3 Å². The molecule has 3 N–H and O–H groups in total. The Morgan fingerprint density at radius 2 is 2.08 bits per heavy atom. The Kier molecular flexibility index (Phi) is 4.22. The average molecular weight is 403 g/mol. The van der Waals surface area contributed by atoms with Crippen LogP contribution in [0.1, 0.15) is 5.56 Å². The van der Waals surface area contributed by atoms with Gasteiger partial charge in [-0.3, -0.25) is 5.32 Å². The highest BCUT2D eigenvalue weighted by Gasteiger charge is 2.32. The number of hydrogen-bond donors (Lipinski definition) is 3. The van der Waals surface area contributed by atoms with Crippen LogP contribution in [0.15, 0.2) is 34.9 Å². The van der Waals surface area contributed by atoms with Crippen LogP contribution < -0.4 is 20.7 Å². The number of halogens is 4. The fourth-order valence-electron chi connectivity index (χ4n) is 2.16. The first-order valence-corrected chi connectivity index (χ1v) is 7.46. The van der Waals surface area contributed by atoms with E-state index in [0.717, 1.165) is 5.56 Å². The van der Waals surface area contributed by atoms with Crippen LogP contribution in [-0.4, -0.2) is 17.4 Å². The number of carbonyl (C=O) groups excluding carboxylic acids is 1. The summed E-state index contributed by atoms with van der Waals surface area (Å²) in [5, 5.41) is 8.28. The number of amides is 2. The van der Waals surface area contributed by atoms with Crippen molar-refractivity contribution < 1.29 is 22.7 Å². The van der Waals surface area contributed by atoms with Crippen LogP contribution in [0.5, 0.6) is 5.75 Å². The molecule has 126 valence electrons. The van der Waals surface area contributed by atoms with Crippen LogP contribution in [0.2, 0.25) is 0 Å². The van der Waals surface area contributed by atoms with E-state index in [4.69, 9.17) is 0 Å². The van der Waals surface area contributed by atoms with E-state index in [1.807, 2.05) is 0 Å². The van der Waals surface area contributed by atoms with Crippen LogP contribution in [0.4, 0.5) is 35.2 Å². The lowest BCUT2D eigenvalue weighted by Crippen LogP contribution is -2.34. The van der Waals surface area contributed by atoms with E-state index in [0.29, 0.717) is 17.2 Å². The number of carbonyl (C=O) groups is 1. The molecule has 0 aliphatic carbocycles. The molecule has 1 aliphatic rings. The molecule has 0 atom stereocenters. The number of nitrogens with zero attached hydrogens (tertiary/aromatic N) is 1. The summed E-state index contributed by atoms with van der Waals surface area (Å²) in [6.45, 7) is 0.285. The van der Waals surface area contributed by atoms with E-state index < -0.39 is 6.36 Å². The van der Waals surface area contributed by atoms with Crippen LogP contribution in [0, 0.1) is 0 Å². The summed E-state index contributed by atoms with van der Waals surface area (Å²) in [7, 11) is 0. The second kappa shape index (κ2) is 6.19. The molecule has 0 fully saturated rings. The second-order valence-corrected chi connectivity index (χ2v) is 5.67. The Bertz CT molecular complexity index is 798. The second-order valence-electron chi connectivity index (χ2n) is 4.81. The molecule has 0 radical (unpaired) electrons. The van der Waals surface area contributed by atoms with Crippen molar-refractivity contribution in [1.29, 1.82) is 0 Å². The number of benzene rings is 1. The lowest BCUT2D eigenvalue weighted by molar-refractivity contribution is -0.274. The number of hydrogen-bond acceptors (Lipinski definition) is 4. The third-order valence-electron chi connectivity index (χ3n) is 3.15. The van der Waals surface area contributed by atoms with Crippen molar-refractivity contribution in [2.75, 3.05) is 10.6 Å². The van der Waals surface area contributed by atoms with Gasteiger partial charge in [0, 0.05) is 23.1 Å². The predicted molar refractivity (Wildman–Crippen MR) is 84.2 cm³/mol. The number of pyridine rings is 1. The van der Waals surface area contributed by atoms with Crippen molar-refractivity contribution >= 4 is 39.2 Å². The molecule has 2 amide bonds. The molecule has 0 saturated heterocycles. The number of rotatable bonds is 3. The third-order valence-corrected chi connectivity index (χ3v) is 3.77. The van der Waals surface area contributed by atoms with E-state index in [2.05, 4.69) is 41.6 Å². The highest BCUT2D eigenvalue weighted by molar-refractivity contribution is 9.10. The molecule has 1 aromatic heterocycles. The summed E-state index contributed by atoms with van der Waals surface area (Å²) in [4.78, 5) is 15.4. The van der Waals surface area contributed by atoms with Gasteiger partial charge in [-0.1, -0.05) is 0 Å². The average Bonchev–Trinajstić information content (AvgIpc) is 2.49. The maximum Gasteiger partial charge on any atom is 0.573 e. The van der Waals surface area contributed by atoms with Crippen molar-refractivity contribution in [2.45, 2.75) is 12.9 Å². The molecule has 6 nitrogen and oxygen atoms in total. The largest absolute Gasteiger partial charge is 0.573 e. The molecule has 0 spiro atoms. The molecule has 2 heterocycles. The summed E-state index contributed by atoms with van der Waals surface area (Å²) in [6, 6.07) is 5.47.